The fourth-order valence-corrected chi connectivity index (χ4v) is 4.02. The molecule has 32 heavy (non-hydrogen) atoms. The molecule has 2 aromatic rings. The first-order chi connectivity index (χ1) is 15.0. The van der Waals surface area contributed by atoms with Crippen LogP contribution in [0.25, 0.3) is 0 Å². The molecule has 0 aliphatic rings. The predicted octanol–water partition coefficient (Wildman–Crippen LogP) is 3.44. The standard InChI is InChI=1S/C23H30ClN3O4S/c1-5-17(2)25-23(29)18(3)26(15-19-11-13-20(24)14-12-19)22(28)16-27(32(4,30)31)21-9-7-6-8-10-21/h6-14,17-18H,5,15-16H2,1-4H3,(H,25,29)/t17-,18-/m1/s1. The van der Waals surface area contributed by atoms with Gasteiger partial charge in [-0.1, -0.05) is 48.9 Å². The van der Waals surface area contributed by atoms with Gasteiger partial charge in [0.25, 0.3) is 0 Å². The number of nitrogens with zero attached hydrogens (tertiary/aromatic N) is 2. The van der Waals surface area contributed by atoms with Crippen molar-refractivity contribution in [1.82, 2.24) is 10.2 Å². The Morgan fingerprint density at radius 3 is 2.16 bits per heavy atom. The smallest absolute Gasteiger partial charge is 0.244 e. The Kier molecular flexibility index (Phi) is 9.09. The summed E-state index contributed by atoms with van der Waals surface area (Å²) >= 11 is 5.97. The predicted molar refractivity (Wildman–Crippen MR) is 128 cm³/mol. The number of hydrogen-bond donors (Lipinski definition) is 1. The monoisotopic (exact) mass is 479 g/mol. The van der Waals surface area contributed by atoms with E-state index in [2.05, 4.69) is 5.32 Å². The first-order valence-corrected chi connectivity index (χ1v) is 12.6. The van der Waals surface area contributed by atoms with E-state index in [1.165, 1.54) is 4.90 Å². The first kappa shape index (κ1) is 25.7. The van der Waals surface area contributed by atoms with Gasteiger partial charge in [0, 0.05) is 17.6 Å². The van der Waals surface area contributed by atoms with Crippen molar-refractivity contribution in [2.24, 2.45) is 0 Å². The molecule has 0 heterocycles. The van der Waals surface area contributed by atoms with Crippen molar-refractivity contribution in [3.05, 3.63) is 65.2 Å². The molecule has 0 saturated carbocycles. The highest BCUT2D eigenvalue weighted by Crippen LogP contribution is 2.19. The van der Waals surface area contributed by atoms with Crippen molar-refractivity contribution in [1.29, 1.82) is 0 Å². The van der Waals surface area contributed by atoms with Crippen LogP contribution < -0.4 is 9.62 Å². The lowest BCUT2D eigenvalue weighted by atomic mass is 10.1. The number of benzene rings is 2. The largest absolute Gasteiger partial charge is 0.352 e. The molecule has 174 valence electrons. The van der Waals surface area contributed by atoms with Gasteiger partial charge in [0.2, 0.25) is 21.8 Å². The number of halogens is 1. The molecule has 1 N–H and O–H groups in total. The fourth-order valence-electron chi connectivity index (χ4n) is 3.04. The van der Waals surface area contributed by atoms with E-state index in [9.17, 15) is 18.0 Å². The second kappa shape index (κ2) is 11.3. The van der Waals surface area contributed by atoms with E-state index < -0.39 is 28.5 Å². The lowest BCUT2D eigenvalue weighted by molar-refractivity contribution is -0.139. The summed E-state index contributed by atoms with van der Waals surface area (Å²) in [4.78, 5) is 27.5. The van der Waals surface area contributed by atoms with Crippen molar-refractivity contribution in [2.45, 2.75) is 45.8 Å². The van der Waals surface area contributed by atoms with E-state index in [0.29, 0.717) is 10.7 Å². The van der Waals surface area contributed by atoms with Crippen molar-refractivity contribution in [3.8, 4) is 0 Å². The second-order valence-corrected chi connectivity index (χ2v) is 10.1. The fraction of sp³-hybridized carbons (Fsp3) is 0.391. The van der Waals surface area contributed by atoms with Crippen molar-refractivity contribution < 1.29 is 18.0 Å². The van der Waals surface area contributed by atoms with Crippen LogP contribution in [0, 0.1) is 0 Å². The number of sulfonamides is 1. The van der Waals surface area contributed by atoms with E-state index in [1.54, 1.807) is 61.5 Å². The quantitative estimate of drug-likeness (QED) is 0.565. The van der Waals surface area contributed by atoms with E-state index in [1.807, 2.05) is 13.8 Å². The molecule has 0 radical (unpaired) electrons. The highest BCUT2D eigenvalue weighted by Gasteiger charge is 2.30. The Morgan fingerprint density at radius 1 is 1.03 bits per heavy atom. The summed E-state index contributed by atoms with van der Waals surface area (Å²) in [6, 6.07) is 14.5. The average Bonchev–Trinajstić information content (AvgIpc) is 2.76. The van der Waals surface area contributed by atoms with Gasteiger partial charge in [-0.05, 0) is 50.1 Å². The van der Waals surface area contributed by atoms with Gasteiger partial charge in [0.1, 0.15) is 12.6 Å². The van der Waals surface area contributed by atoms with Crippen LogP contribution in [-0.4, -0.2) is 50.0 Å². The second-order valence-electron chi connectivity index (χ2n) is 7.75. The summed E-state index contributed by atoms with van der Waals surface area (Å²) in [7, 11) is -3.73. The number of carbonyl (C=O) groups is 2. The van der Waals surface area contributed by atoms with Gasteiger partial charge >= 0.3 is 0 Å². The Labute approximate surface area is 195 Å². The number of hydrogen-bond acceptors (Lipinski definition) is 4. The molecule has 0 aliphatic carbocycles. The molecular weight excluding hydrogens is 450 g/mol. The lowest BCUT2D eigenvalue weighted by Crippen LogP contribution is -2.52. The summed E-state index contributed by atoms with van der Waals surface area (Å²) in [6.07, 6.45) is 1.80. The molecule has 2 aromatic carbocycles. The molecule has 0 fully saturated rings. The van der Waals surface area contributed by atoms with Crippen molar-refractivity contribution >= 4 is 39.1 Å². The van der Waals surface area contributed by atoms with Crippen molar-refractivity contribution in [3.63, 3.8) is 0 Å². The molecule has 0 aliphatic heterocycles. The van der Waals surface area contributed by atoms with Crippen LogP contribution in [-0.2, 0) is 26.2 Å². The molecule has 2 rings (SSSR count). The highest BCUT2D eigenvalue weighted by atomic mass is 35.5. The van der Waals surface area contributed by atoms with Crippen LogP contribution in [0.2, 0.25) is 5.02 Å². The van der Waals surface area contributed by atoms with Crippen LogP contribution >= 0.6 is 11.6 Å². The van der Waals surface area contributed by atoms with E-state index in [0.717, 1.165) is 22.5 Å². The topological polar surface area (TPSA) is 86.8 Å². The molecule has 0 aromatic heterocycles. The number of amides is 2. The summed E-state index contributed by atoms with van der Waals surface area (Å²) in [5, 5.41) is 3.45. The third-order valence-corrected chi connectivity index (χ3v) is 6.55. The Balaban J connectivity index is 2.34. The van der Waals surface area contributed by atoms with Gasteiger partial charge < -0.3 is 10.2 Å². The minimum absolute atomic E-state index is 0.0470. The normalized spacial score (nSPS) is 13.2. The maximum Gasteiger partial charge on any atom is 0.244 e. The third-order valence-electron chi connectivity index (χ3n) is 5.16. The number of para-hydroxylation sites is 1. The van der Waals surface area contributed by atoms with Crippen molar-refractivity contribution in [2.75, 3.05) is 17.1 Å². The van der Waals surface area contributed by atoms with Gasteiger partial charge in [0.05, 0.1) is 11.9 Å². The first-order valence-electron chi connectivity index (χ1n) is 10.4. The number of anilines is 1. The highest BCUT2D eigenvalue weighted by molar-refractivity contribution is 7.92. The Morgan fingerprint density at radius 2 is 1.62 bits per heavy atom. The molecule has 0 bridgehead atoms. The maximum absolute atomic E-state index is 13.4. The lowest BCUT2D eigenvalue weighted by Gasteiger charge is -2.32. The van der Waals surface area contributed by atoms with E-state index in [4.69, 9.17) is 11.6 Å². The molecule has 2 amide bonds. The van der Waals surface area contributed by atoms with Crippen LogP contribution in [0.5, 0.6) is 0 Å². The zero-order chi connectivity index (χ0) is 23.9. The molecule has 0 spiro atoms. The molecule has 0 saturated heterocycles. The minimum Gasteiger partial charge on any atom is -0.352 e. The summed E-state index contributed by atoms with van der Waals surface area (Å²) < 4.78 is 25.9. The van der Waals surface area contributed by atoms with Crippen LogP contribution in [0.1, 0.15) is 32.8 Å². The zero-order valence-corrected chi connectivity index (χ0v) is 20.4. The zero-order valence-electron chi connectivity index (χ0n) is 18.8. The summed E-state index contributed by atoms with van der Waals surface area (Å²) in [6.45, 7) is 5.20. The van der Waals surface area contributed by atoms with Gasteiger partial charge in [-0.25, -0.2) is 8.42 Å². The van der Waals surface area contributed by atoms with Gasteiger partial charge in [-0.15, -0.1) is 0 Å². The third kappa shape index (κ3) is 7.24. The molecule has 2 atom stereocenters. The van der Waals surface area contributed by atoms with Crippen LogP contribution in [0.3, 0.4) is 0 Å². The van der Waals surface area contributed by atoms with E-state index >= 15 is 0 Å². The van der Waals surface area contributed by atoms with Crippen LogP contribution in [0.15, 0.2) is 54.6 Å². The van der Waals surface area contributed by atoms with Gasteiger partial charge in [-0.2, -0.15) is 0 Å². The molecule has 9 heteroatoms. The minimum atomic E-state index is -3.73. The maximum atomic E-state index is 13.4. The SMILES string of the molecule is CC[C@@H](C)NC(=O)[C@@H](C)N(Cc1ccc(Cl)cc1)C(=O)CN(c1ccccc1)S(C)(=O)=O. The Bertz CT molecular complexity index is 1010. The van der Waals surface area contributed by atoms with Gasteiger partial charge in [-0.3, -0.25) is 13.9 Å². The van der Waals surface area contributed by atoms with Crippen LogP contribution in [0.4, 0.5) is 5.69 Å². The number of carbonyl (C=O) groups excluding carboxylic acids is 2. The van der Waals surface area contributed by atoms with E-state index in [-0.39, 0.29) is 18.5 Å². The average molecular weight is 480 g/mol. The number of nitrogens with one attached hydrogen (secondary N) is 1. The number of rotatable bonds is 10. The molecule has 7 nitrogen and oxygen atoms in total. The summed E-state index contributed by atoms with van der Waals surface area (Å²) in [5.41, 5.74) is 1.16. The Hall–Kier alpha value is -2.58. The van der Waals surface area contributed by atoms with Gasteiger partial charge in [0.15, 0.2) is 0 Å². The summed E-state index contributed by atoms with van der Waals surface area (Å²) in [5.74, 6) is -0.784. The molecule has 0 unspecified atom stereocenters. The molecular formula is C23H30ClN3O4S.